The van der Waals surface area contributed by atoms with Gasteiger partial charge in [0.1, 0.15) is 12.4 Å². The fraction of sp³-hybridized carbons (Fsp3) is 0.512. The van der Waals surface area contributed by atoms with Gasteiger partial charge in [0, 0.05) is 24.3 Å². The molecule has 2 fully saturated rings. The summed E-state index contributed by atoms with van der Waals surface area (Å²) in [6.07, 6.45) is 14.7. The largest absolute Gasteiger partial charge is 0.492 e. The van der Waals surface area contributed by atoms with E-state index in [2.05, 4.69) is 117 Å². The summed E-state index contributed by atoms with van der Waals surface area (Å²) >= 11 is 0. The zero-order valence-electron chi connectivity index (χ0n) is 28.2. The van der Waals surface area contributed by atoms with E-state index in [9.17, 15) is 0 Å². The zero-order valence-corrected chi connectivity index (χ0v) is 28.2. The molecule has 0 spiro atoms. The molecule has 2 aliphatic rings. The van der Waals surface area contributed by atoms with Gasteiger partial charge >= 0.3 is 0 Å². The molecule has 3 aromatic carbocycles. The minimum atomic E-state index is 0.529. The molecule has 0 heterocycles. The summed E-state index contributed by atoms with van der Waals surface area (Å²) in [6.45, 7) is 8.43. The number of rotatable bonds is 12. The van der Waals surface area contributed by atoms with Crippen molar-refractivity contribution >= 4 is 16.8 Å². The van der Waals surface area contributed by atoms with Gasteiger partial charge < -0.3 is 14.5 Å². The zero-order chi connectivity index (χ0) is 30.9. The third-order valence-corrected chi connectivity index (χ3v) is 9.92. The predicted molar refractivity (Wildman–Crippen MR) is 190 cm³/mol. The molecule has 0 saturated heterocycles. The van der Waals surface area contributed by atoms with E-state index < -0.39 is 0 Å². The molecule has 0 atom stereocenters. The van der Waals surface area contributed by atoms with Crippen LogP contribution >= 0.6 is 0 Å². The van der Waals surface area contributed by atoms with E-state index in [4.69, 9.17) is 4.74 Å². The summed E-state index contributed by atoms with van der Waals surface area (Å²) < 4.78 is 6.06. The third kappa shape index (κ3) is 8.16. The topological polar surface area (TPSA) is 15.7 Å². The van der Waals surface area contributed by atoms with Crippen molar-refractivity contribution in [3.05, 3.63) is 95.1 Å². The quantitative estimate of drug-likeness (QED) is 0.195. The van der Waals surface area contributed by atoms with E-state index in [1.165, 1.54) is 103 Å². The van der Waals surface area contributed by atoms with Gasteiger partial charge in [0.2, 0.25) is 0 Å². The van der Waals surface area contributed by atoms with Crippen LogP contribution in [0.4, 0.5) is 5.69 Å². The lowest BCUT2D eigenvalue weighted by atomic mass is 9.86. The Morgan fingerprint density at radius 3 is 1.66 bits per heavy atom. The van der Waals surface area contributed by atoms with E-state index >= 15 is 0 Å². The first kappa shape index (κ1) is 32.4. The highest BCUT2D eigenvalue weighted by atomic mass is 16.5. The molecule has 2 aliphatic carbocycles. The molecule has 0 aromatic heterocycles. The van der Waals surface area contributed by atoms with Crippen molar-refractivity contribution < 1.29 is 4.74 Å². The summed E-state index contributed by atoms with van der Waals surface area (Å²) in [5, 5.41) is 0. The second-order valence-electron chi connectivity index (χ2n) is 13.7. The minimum Gasteiger partial charge on any atom is -0.492 e. The number of anilines is 1. The van der Waals surface area contributed by atoms with Crippen molar-refractivity contribution in [1.29, 1.82) is 0 Å². The van der Waals surface area contributed by atoms with E-state index in [0.29, 0.717) is 24.6 Å². The first-order valence-electron chi connectivity index (χ1n) is 17.5. The molecule has 0 amide bonds. The Morgan fingerprint density at radius 1 is 0.682 bits per heavy atom. The van der Waals surface area contributed by atoms with Gasteiger partial charge in [0.15, 0.2) is 0 Å². The van der Waals surface area contributed by atoms with E-state index in [0.717, 1.165) is 18.7 Å². The second kappa shape index (κ2) is 15.8. The van der Waals surface area contributed by atoms with Gasteiger partial charge in [-0.15, -0.1) is 0 Å². The van der Waals surface area contributed by atoms with E-state index in [1.54, 1.807) is 0 Å². The summed E-state index contributed by atoms with van der Waals surface area (Å²) in [6, 6.07) is 29.1. The van der Waals surface area contributed by atoms with Crippen molar-refractivity contribution in [2.45, 2.75) is 109 Å². The Hall–Kier alpha value is -3.04. The lowest BCUT2D eigenvalue weighted by molar-refractivity contribution is 0.261. The molecule has 236 valence electrons. The summed E-state index contributed by atoms with van der Waals surface area (Å²) in [4.78, 5) is 5.01. The minimum absolute atomic E-state index is 0.529. The van der Waals surface area contributed by atoms with Crippen LogP contribution in [0, 0.1) is 0 Å². The number of benzene rings is 3. The summed E-state index contributed by atoms with van der Waals surface area (Å²) in [5.41, 5.74) is 9.40. The molecule has 44 heavy (non-hydrogen) atoms. The van der Waals surface area contributed by atoms with Crippen LogP contribution < -0.4 is 9.64 Å². The molecule has 3 nitrogen and oxygen atoms in total. The molecule has 0 radical (unpaired) electrons. The van der Waals surface area contributed by atoms with Gasteiger partial charge in [-0.05, 0) is 110 Å². The predicted octanol–water partition coefficient (Wildman–Crippen LogP) is 10.6. The number of likely N-dealkylation sites (N-methyl/N-ethyl adjacent to an activating group) is 1. The molecule has 0 N–H and O–H groups in total. The highest BCUT2D eigenvalue weighted by molar-refractivity contribution is 5.98. The van der Waals surface area contributed by atoms with E-state index in [-0.39, 0.29) is 0 Å². The van der Waals surface area contributed by atoms with Crippen LogP contribution in [0.2, 0.25) is 0 Å². The molecule has 2 saturated carbocycles. The molecular formula is C41H56N2O. The first-order valence-corrected chi connectivity index (χ1v) is 17.5. The maximum atomic E-state index is 6.06. The van der Waals surface area contributed by atoms with Crippen LogP contribution in [0.15, 0.2) is 72.8 Å². The van der Waals surface area contributed by atoms with Crippen molar-refractivity contribution in [1.82, 2.24) is 4.90 Å². The van der Waals surface area contributed by atoms with Gasteiger partial charge in [-0.25, -0.2) is 0 Å². The van der Waals surface area contributed by atoms with Crippen molar-refractivity contribution in [3.63, 3.8) is 0 Å². The van der Waals surface area contributed by atoms with Crippen LogP contribution in [-0.4, -0.2) is 44.2 Å². The lowest BCUT2D eigenvalue weighted by Gasteiger charge is -2.43. The molecule has 0 aliphatic heterocycles. The van der Waals surface area contributed by atoms with Crippen molar-refractivity contribution in [2.75, 3.05) is 32.1 Å². The fourth-order valence-electron chi connectivity index (χ4n) is 7.41. The number of nitrogens with zero attached hydrogens (tertiary/aromatic N) is 2. The number of hydrogen-bond donors (Lipinski definition) is 0. The standard InChI is InChI=1S/C41H56N2O/c1-6-40(33-19-17-32(18-20-33)31(2)3)41(35-23-27-39(28-24-35)44-30-29-42(4)5)34-21-25-38(26-22-34)43(36-13-9-7-10-14-36)37-15-11-8-12-16-37/h17-28,31,36-37H,6-16,29-30H2,1-5H3/b41-40+. The van der Waals surface area contributed by atoms with Gasteiger partial charge in [0.05, 0.1) is 0 Å². The van der Waals surface area contributed by atoms with Crippen LogP contribution in [-0.2, 0) is 0 Å². The molecule has 0 bridgehead atoms. The average molecular weight is 593 g/mol. The summed E-state index contributed by atoms with van der Waals surface area (Å²) in [5.74, 6) is 1.46. The molecule has 5 rings (SSSR count). The number of hydrogen-bond acceptors (Lipinski definition) is 3. The van der Waals surface area contributed by atoms with Gasteiger partial charge in [-0.2, -0.15) is 0 Å². The summed E-state index contributed by atoms with van der Waals surface area (Å²) in [7, 11) is 4.16. The molecule has 0 unspecified atom stereocenters. The first-order chi connectivity index (χ1) is 21.4. The SMILES string of the molecule is CC/C(=C(\c1ccc(OCCN(C)C)cc1)c1ccc(N(C2CCCCC2)C2CCCCC2)cc1)c1ccc(C(C)C)cc1. The van der Waals surface area contributed by atoms with Crippen LogP contribution in [0.25, 0.3) is 11.1 Å². The Bertz CT molecular complexity index is 1290. The fourth-order valence-corrected chi connectivity index (χ4v) is 7.41. The molecule has 3 heteroatoms. The Labute approximate surface area is 268 Å². The smallest absolute Gasteiger partial charge is 0.119 e. The molecule has 3 aromatic rings. The van der Waals surface area contributed by atoms with Crippen molar-refractivity contribution in [3.8, 4) is 5.75 Å². The number of allylic oxidation sites excluding steroid dienone is 1. The van der Waals surface area contributed by atoms with Gasteiger partial charge in [-0.1, -0.05) is 108 Å². The Morgan fingerprint density at radius 2 is 1.18 bits per heavy atom. The van der Waals surface area contributed by atoms with Crippen molar-refractivity contribution in [2.24, 2.45) is 0 Å². The van der Waals surface area contributed by atoms with Crippen LogP contribution in [0.1, 0.15) is 120 Å². The average Bonchev–Trinajstić information content (AvgIpc) is 3.05. The lowest BCUT2D eigenvalue weighted by Crippen LogP contribution is -2.45. The maximum absolute atomic E-state index is 6.06. The van der Waals surface area contributed by atoms with Crippen LogP contribution in [0.5, 0.6) is 5.75 Å². The molecular weight excluding hydrogens is 536 g/mol. The monoisotopic (exact) mass is 592 g/mol. The highest BCUT2D eigenvalue weighted by Gasteiger charge is 2.29. The Balaban J connectivity index is 1.52. The Kier molecular flexibility index (Phi) is 11.6. The van der Waals surface area contributed by atoms with Gasteiger partial charge in [0.25, 0.3) is 0 Å². The maximum Gasteiger partial charge on any atom is 0.119 e. The number of ether oxygens (including phenoxy) is 1. The van der Waals surface area contributed by atoms with Crippen LogP contribution in [0.3, 0.4) is 0 Å². The second-order valence-corrected chi connectivity index (χ2v) is 13.7. The normalized spacial score (nSPS) is 17.2. The van der Waals surface area contributed by atoms with E-state index in [1.807, 2.05) is 0 Å². The third-order valence-electron chi connectivity index (χ3n) is 9.92. The van der Waals surface area contributed by atoms with Gasteiger partial charge in [-0.3, -0.25) is 0 Å². The highest BCUT2D eigenvalue weighted by Crippen LogP contribution is 2.38.